The van der Waals surface area contributed by atoms with Gasteiger partial charge in [-0.2, -0.15) is 0 Å². The number of hydrogen-bond acceptors (Lipinski definition) is 7. The summed E-state index contributed by atoms with van der Waals surface area (Å²) in [4.78, 5) is 17.2. The summed E-state index contributed by atoms with van der Waals surface area (Å²) in [6.07, 6.45) is 0. The van der Waals surface area contributed by atoms with Crippen molar-refractivity contribution < 1.29 is 23.7 Å². The molecule has 0 saturated heterocycles. The van der Waals surface area contributed by atoms with Crippen LogP contribution in [0.25, 0.3) is 11.3 Å². The van der Waals surface area contributed by atoms with Gasteiger partial charge in [-0.25, -0.2) is 4.98 Å². The van der Waals surface area contributed by atoms with Crippen LogP contribution in [-0.2, 0) is 0 Å². The van der Waals surface area contributed by atoms with Gasteiger partial charge in [0.1, 0.15) is 24.7 Å². The monoisotopic (exact) mass is 432 g/mol. The maximum Gasteiger partial charge on any atom is 0.257 e. The maximum atomic E-state index is 12.7. The number of anilines is 1. The molecule has 0 bridgehead atoms. The number of thiazole rings is 1. The van der Waals surface area contributed by atoms with Crippen molar-refractivity contribution in [2.75, 3.05) is 32.8 Å². The molecule has 150 valence electrons. The average Bonchev–Trinajstić information content (AvgIpc) is 3.21. The second kappa shape index (κ2) is 8.18. The van der Waals surface area contributed by atoms with E-state index < -0.39 is 0 Å². The number of hydrogen-bond donors (Lipinski definition) is 1. The summed E-state index contributed by atoms with van der Waals surface area (Å²) in [5.41, 5.74) is 1.84. The third-order valence-corrected chi connectivity index (χ3v) is 5.31. The molecular formula is C20H17ClN2O5S. The molecule has 0 atom stereocenters. The highest BCUT2D eigenvalue weighted by atomic mass is 35.5. The molecule has 0 saturated carbocycles. The molecule has 1 aliphatic rings. The van der Waals surface area contributed by atoms with Gasteiger partial charge in [-0.05, 0) is 24.3 Å². The quantitative estimate of drug-likeness (QED) is 0.639. The Balaban J connectivity index is 1.55. The van der Waals surface area contributed by atoms with E-state index in [0.717, 1.165) is 5.56 Å². The molecule has 3 aromatic rings. The molecule has 1 N–H and O–H groups in total. The molecule has 29 heavy (non-hydrogen) atoms. The second-order valence-electron chi connectivity index (χ2n) is 6.04. The lowest BCUT2D eigenvalue weighted by Gasteiger charge is -2.20. The molecule has 1 aromatic heterocycles. The number of methoxy groups -OCH3 is 2. The minimum Gasteiger partial charge on any atom is -0.497 e. The van der Waals surface area contributed by atoms with E-state index in [1.54, 1.807) is 32.4 Å². The second-order valence-corrected chi connectivity index (χ2v) is 7.31. The standard InChI is InChI=1S/C20H17ClN2O5S/c1-25-12-3-4-13(16(9-12)26-2)15-10-29-20(22-15)23-19(24)11-7-14(21)18-17(8-11)27-5-6-28-18/h3-4,7-10H,5-6H2,1-2H3,(H,22,23,24). The zero-order chi connectivity index (χ0) is 20.4. The summed E-state index contributed by atoms with van der Waals surface area (Å²) in [5.74, 6) is 1.89. The summed E-state index contributed by atoms with van der Waals surface area (Å²) >= 11 is 7.53. The fraction of sp³-hybridized carbons (Fsp3) is 0.200. The first-order chi connectivity index (χ1) is 14.1. The molecule has 4 rings (SSSR count). The van der Waals surface area contributed by atoms with Crippen molar-refractivity contribution in [2.24, 2.45) is 0 Å². The Bertz CT molecular complexity index is 1070. The Hall–Kier alpha value is -2.97. The lowest BCUT2D eigenvalue weighted by molar-refractivity contribution is 0.102. The highest BCUT2D eigenvalue weighted by molar-refractivity contribution is 7.14. The van der Waals surface area contributed by atoms with Crippen molar-refractivity contribution >= 4 is 34.0 Å². The molecule has 0 spiro atoms. The highest BCUT2D eigenvalue weighted by Gasteiger charge is 2.20. The molecular weight excluding hydrogens is 416 g/mol. The normalized spacial score (nSPS) is 12.4. The Kier molecular flexibility index (Phi) is 5.46. The van der Waals surface area contributed by atoms with Crippen LogP contribution in [-0.4, -0.2) is 38.3 Å². The van der Waals surface area contributed by atoms with Crippen LogP contribution in [0.5, 0.6) is 23.0 Å². The third-order valence-electron chi connectivity index (χ3n) is 4.27. The maximum absolute atomic E-state index is 12.7. The molecule has 0 unspecified atom stereocenters. The van der Waals surface area contributed by atoms with Crippen LogP contribution >= 0.6 is 22.9 Å². The van der Waals surface area contributed by atoms with Crippen LogP contribution < -0.4 is 24.3 Å². The zero-order valence-electron chi connectivity index (χ0n) is 15.7. The van der Waals surface area contributed by atoms with Gasteiger partial charge in [0.2, 0.25) is 0 Å². The fourth-order valence-electron chi connectivity index (χ4n) is 2.88. The predicted molar refractivity (Wildman–Crippen MR) is 111 cm³/mol. The predicted octanol–water partition coefficient (Wildman–Crippen LogP) is 4.50. The van der Waals surface area contributed by atoms with E-state index in [2.05, 4.69) is 10.3 Å². The summed E-state index contributed by atoms with van der Waals surface area (Å²) < 4.78 is 21.6. The summed E-state index contributed by atoms with van der Waals surface area (Å²) in [6, 6.07) is 8.62. The molecule has 2 aromatic carbocycles. The molecule has 9 heteroatoms. The molecule has 2 heterocycles. The van der Waals surface area contributed by atoms with Crippen molar-refractivity contribution in [1.82, 2.24) is 4.98 Å². The Morgan fingerprint density at radius 1 is 1.17 bits per heavy atom. The number of carbonyl (C=O) groups is 1. The van der Waals surface area contributed by atoms with Gasteiger partial charge in [0, 0.05) is 22.6 Å². The molecule has 1 aliphatic heterocycles. The van der Waals surface area contributed by atoms with E-state index in [4.69, 9.17) is 30.5 Å². The minimum absolute atomic E-state index is 0.329. The van der Waals surface area contributed by atoms with E-state index in [1.165, 1.54) is 11.3 Å². The SMILES string of the molecule is COc1ccc(-c2csc(NC(=O)c3cc(Cl)c4c(c3)OCCO4)n2)c(OC)c1. The first-order valence-corrected chi connectivity index (χ1v) is 9.93. The van der Waals surface area contributed by atoms with E-state index in [1.807, 2.05) is 17.5 Å². The molecule has 1 amide bonds. The summed E-state index contributed by atoms with van der Waals surface area (Å²) in [6.45, 7) is 0.836. The van der Waals surface area contributed by atoms with Crippen molar-refractivity contribution in [3.8, 4) is 34.3 Å². The molecule has 7 nitrogen and oxygen atoms in total. The number of fused-ring (bicyclic) bond motifs is 1. The number of nitrogens with one attached hydrogen (secondary N) is 1. The number of ether oxygens (including phenoxy) is 4. The number of carbonyl (C=O) groups excluding carboxylic acids is 1. The van der Waals surface area contributed by atoms with Crippen molar-refractivity contribution in [3.05, 3.63) is 46.3 Å². The van der Waals surface area contributed by atoms with E-state index >= 15 is 0 Å². The Morgan fingerprint density at radius 3 is 2.79 bits per heavy atom. The van der Waals surface area contributed by atoms with Gasteiger partial charge in [-0.1, -0.05) is 11.6 Å². The third kappa shape index (κ3) is 3.94. The van der Waals surface area contributed by atoms with Crippen LogP contribution in [0.2, 0.25) is 5.02 Å². The number of aromatic nitrogens is 1. The highest BCUT2D eigenvalue weighted by Crippen LogP contribution is 2.39. The van der Waals surface area contributed by atoms with Gasteiger partial charge >= 0.3 is 0 Å². The van der Waals surface area contributed by atoms with Crippen molar-refractivity contribution in [1.29, 1.82) is 0 Å². The average molecular weight is 433 g/mol. The zero-order valence-corrected chi connectivity index (χ0v) is 17.2. The van der Waals surface area contributed by atoms with Crippen molar-refractivity contribution in [3.63, 3.8) is 0 Å². The van der Waals surface area contributed by atoms with Gasteiger partial charge in [0.05, 0.1) is 24.9 Å². The smallest absolute Gasteiger partial charge is 0.257 e. The summed E-state index contributed by atoms with van der Waals surface area (Å²) in [7, 11) is 3.17. The van der Waals surface area contributed by atoms with Crippen LogP contribution in [0.15, 0.2) is 35.7 Å². The minimum atomic E-state index is -0.341. The summed E-state index contributed by atoms with van der Waals surface area (Å²) in [5, 5.41) is 5.42. The Labute approximate surface area is 176 Å². The van der Waals surface area contributed by atoms with Gasteiger partial charge < -0.3 is 18.9 Å². The number of amides is 1. The molecule has 0 radical (unpaired) electrons. The first-order valence-electron chi connectivity index (χ1n) is 8.67. The van der Waals surface area contributed by atoms with Crippen LogP contribution in [0.3, 0.4) is 0 Å². The Morgan fingerprint density at radius 2 is 2.00 bits per heavy atom. The first kappa shape index (κ1) is 19.4. The van der Waals surface area contributed by atoms with Gasteiger partial charge in [-0.15, -0.1) is 11.3 Å². The lowest BCUT2D eigenvalue weighted by atomic mass is 10.1. The van der Waals surface area contributed by atoms with E-state index in [9.17, 15) is 4.79 Å². The molecule has 0 fully saturated rings. The van der Waals surface area contributed by atoms with Gasteiger partial charge in [-0.3, -0.25) is 10.1 Å². The fourth-order valence-corrected chi connectivity index (χ4v) is 3.85. The van der Waals surface area contributed by atoms with Crippen molar-refractivity contribution in [2.45, 2.75) is 0 Å². The van der Waals surface area contributed by atoms with Gasteiger partial charge in [0.15, 0.2) is 16.6 Å². The number of benzene rings is 2. The number of rotatable bonds is 5. The number of halogens is 1. The lowest BCUT2D eigenvalue weighted by Crippen LogP contribution is -2.17. The van der Waals surface area contributed by atoms with Crippen LogP contribution in [0.4, 0.5) is 5.13 Å². The largest absolute Gasteiger partial charge is 0.497 e. The van der Waals surface area contributed by atoms with E-state index in [0.29, 0.717) is 57.6 Å². The number of nitrogens with zero attached hydrogens (tertiary/aromatic N) is 1. The topological polar surface area (TPSA) is 78.9 Å². The molecule has 0 aliphatic carbocycles. The van der Waals surface area contributed by atoms with Gasteiger partial charge in [0.25, 0.3) is 5.91 Å². The van der Waals surface area contributed by atoms with Crippen LogP contribution in [0, 0.1) is 0 Å². The van der Waals surface area contributed by atoms with Crippen LogP contribution in [0.1, 0.15) is 10.4 Å². The van der Waals surface area contributed by atoms with E-state index in [-0.39, 0.29) is 5.91 Å².